The van der Waals surface area contributed by atoms with E-state index in [1.54, 1.807) is 12.1 Å². The monoisotopic (exact) mass is 277 g/mol. The van der Waals surface area contributed by atoms with Gasteiger partial charge in [-0.2, -0.15) is 0 Å². The standard InChI is InChI=1S/C16H17F2NO/c1-20-16-6-5-13(18)10-15(16)14(7-8-19)11-3-2-4-12(17)9-11/h2-6,9-10,14H,7-8,19H2,1H3. The molecule has 0 heterocycles. The van der Waals surface area contributed by atoms with Gasteiger partial charge in [-0.15, -0.1) is 0 Å². The van der Waals surface area contributed by atoms with E-state index in [4.69, 9.17) is 10.5 Å². The normalized spacial score (nSPS) is 12.2. The van der Waals surface area contributed by atoms with Crippen molar-refractivity contribution in [3.05, 3.63) is 65.2 Å². The van der Waals surface area contributed by atoms with Crippen molar-refractivity contribution in [3.8, 4) is 5.75 Å². The second-order valence-corrected chi connectivity index (χ2v) is 4.57. The van der Waals surface area contributed by atoms with Crippen LogP contribution in [-0.4, -0.2) is 13.7 Å². The second kappa shape index (κ2) is 6.48. The average Bonchev–Trinajstić information content (AvgIpc) is 2.44. The number of rotatable bonds is 5. The first-order chi connectivity index (χ1) is 9.65. The van der Waals surface area contributed by atoms with Crippen LogP contribution in [0.1, 0.15) is 23.5 Å². The lowest BCUT2D eigenvalue weighted by molar-refractivity contribution is 0.405. The van der Waals surface area contributed by atoms with Crippen LogP contribution in [0.25, 0.3) is 0 Å². The van der Waals surface area contributed by atoms with E-state index in [0.29, 0.717) is 24.3 Å². The molecule has 2 aromatic rings. The molecule has 0 aliphatic heterocycles. The summed E-state index contributed by atoms with van der Waals surface area (Å²) in [6, 6.07) is 10.6. The van der Waals surface area contributed by atoms with Gasteiger partial charge in [0.2, 0.25) is 0 Å². The fraction of sp³-hybridized carbons (Fsp3) is 0.250. The first kappa shape index (κ1) is 14.5. The van der Waals surface area contributed by atoms with Crippen molar-refractivity contribution < 1.29 is 13.5 Å². The Hall–Kier alpha value is -1.94. The summed E-state index contributed by atoms with van der Waals surface area (Å²) >= 11 is 0. The SMILES string of the molecule is COc1ccc(F)cc1C(CCN)c1cccc(F)c1. The Morgan fingerprint density at radius 3 is 2.50 bits per heavy atom. The van der Waals surface area contributed by atoms with Gasteiger partial charge in [-0.1, -0.05) is 12.1 Å². The number of ether oxygens (including phenoxy) is 1. The number of halogens is 2. The lowest BCUT2D eigenvalue weighted by Crippen LogP contribution is -2.10. The van der Waals surface area contributed by atoms with Crippen LogP contribution < -0.4 is 10.5 Å². The van der Waals surface area contributed by atoms with E-state index < -0.39 is 0 Å². The zero-order chi connectivity index (χ0) is 14.5. The summed E-state index contributed by atoms with van der Waals surface area (Å²) in [5.41, 5.74) is 7.09. The number of nitrogens with two attached hydrogens (primary N) is 1. The highest BCUT2D eigenvalue weighted by Gasteiger charge is 2.19. The Morgan fingerprint density at radius 2 is 1.85 bits per heavy atom. The maximum absolute atomic E-state index is 13.5. The van der Waals surface area contributed by atoms with E-state index in [2.05, 4.69) is 0 Å². The third kappa shape index (κ3) is 3.14. The molecule has 1 unspecified atom stereocenters. The lowest BCUT2D eigenvalue weighted by Gasteiger charge is -2.20. The third-order valence-electron chi connectivity index (χ3n) is 3.27. The zero-order valence-corrected chi connectivity index (χ0v) is 11.3. The molecule has 0 saturated carbocycles. The smallest absolute Gasteiger partial charge is 0.123 e. The van der Waals surface area contributed by atoms with Gasteiger partial charge in [-0.05, 0) is 48.9 Å². The molecule has 2 aromatic carbocycles. The Bertz CT molecular complexity index is 586. The van der Waals surface area contributed by atoms with Crippen LogP contribution in [0.5, 0.6) is 5.75 Å². The Morgan fingerprint density at radius 1 is 1.10 bits per heavy atom. The summed E-state index contributed by atoms with van der Waals surface area (Å²) in [7, 11) is 1.53. The molecule has 106 valence electrons. The minimum Gasteiger partial charge on any atom is -0.496 e. The van der Waals surface area contributed by atoms with Crippen LogP contribution in [0.15, 0.2) is 42.5 Å². The molecular formula is C16H17F2NO. The summed E-state index contributed by atoms with van der Waals surface area (Å²) in [4.78, 5) is 0. The van der Waals surface area contributed by atoms with Gasteiger partial charge in [0.15, 0.2) is 0 Å². The van der Waals surface area contributed by atoms with E-state index in [-0.39, 0.29) is 17.6 Å². The molecular weight excluding hydrogens is 260 g/mol. The molecule has 2 N–H and O–H groups in total. The van der Waals surface area contributed by atoms with E-state index in [1.165, 1.54) is 31.4 Å². The number of hydrogen-bond donors (Lipinski definition) is 1. The molecule has 0 aromatic heterocycles. The molecule has 20 heavy (non-hydrogen) atoms. The molecule has 0 amide bonds. The molecule has 1 atom stereocenters. The maximum Gasteiger partial charge on any atom is 0.123 e. The first-order valence-corrected chi connectivity index (χ1v) is 6.44. The van der Waals surface area contributed by atoms with Gasteiger partial charge < -0.3 is 10.5 Å². The summed E-state index contributed by atoms with van der Waals surface area (Å²) < 4.78 is 32.2. The topological polar surface area (TPSA) is 35.2 Å². The van der Waals surface area contributed by atoms with Crippen molar-refractivity contribution >= 4 is 0 Å². The molecule has 0 fully saturated rings. The van der Waals surface area contributed by atoms with Crippen LogP contribution in [0.2, 0.25) is 0 Å². The maximum atomic E-state index is 13.5. The summed E-state index contributed by atoms with van der Waals surface area (Å²) in [6.45, 7) is 0.418. The van der Waals surface area contributed by atoms with Crippen LogP contribution in [-0.2, 0) is 0 Å². The summed E-state index contributed by atoms with van der Waals surface area (Å²) in [5, 5.41) is 0. The minimum atomic E-state index is -0.348. The van der Waals surface area contributed by atoms with Crippen molar-refractivity contribution in [2.45, 2.75) is 12.3 Å². The second-order valence-electron chi connectivity index (χ2n) is 4.57. The van der Waals surface area contributed by atoms with E-state index in [1.807, 2.05) is 6.07 Å². The average molecular weight is 277 g/mol. The zero-order valence-electron chi connectivity index (χ0n) is 11.3. The lowest BCUT2D eigenvalue weighted by atomic mass is 9.88. The van der Waals surface area contributed by atoms with Crippen molar-refractivity contribution in [3.63, 3.8) is 0 Å². The summed E-state index contributed by atoms with van der Waals surface area (Å²) in [5.74, 6) is -0.283. The van der Waals surface area contributed by atoms with Crippen molar-refractivity contribution in [2.24, 2.45) is 5.73 Å². The van der Waals surface area contributed by atoms with E-state index >= 15 is 0 Å². The minimum absolute atomic E-state index is 0.193. The third-order valence-corrected chi connectivity index (χ3v) is 3.27. The molecule has 0 radical (unpaired) electrons. The molecule has 0 saturated heterocycles. The Balaban J connectivity index is 2.50. The molecule has 0 bridgehead atoms. The van der Waals surface area contributed by atoms with Gasteiger partial charge in [0.1, 0.15) is 17.4 Å². The molecule has 2 nitrogen and oxygen atoms in total. The van der Waals surface area contributed by atoms with Gasteiger partial charge in [0, 0.05) is 11.5 Å². The summed E-state index contributed by atoms with van der Waals surface area (Å²) in [6.07, 6.45) is 0.587. The van der Waals surface area contributed by atoms with Crippen LogP contribution in [0.4, 0.5) is 8.78 Å². The van der Waals surface area contributed by atoms with E-state index in [0.717, 1.165) is 5.56 Å². The van der Waals surface area contributed by atoms with Gasteiger partial charge in [-0.3, -0.25) is 0 Å². The Kier molecular flexibility index (Phi) is 4.69. The quantitative estimate of drug-likeness (QED) is 0.908. The molecule has 0 spiro atoms. The highest BCUT2D eigenvalue weighted by Crippen LogP contribution is 2.34. The predicted molar refractivity (Wildman–Crippen MR) is 74.9 cm³/mol. The van der Waals surface area contributed by atoms with Gasteiger partial charge >= 0.3 is 0 Å². The van der Waals surface area contributed by atoms with Crippen LogP contribution >= 0.6 is 0 Å². The molecule has 2 rings (SSSR count). The van der Waals surface area contributed by atoms with Crippen LogP contribution in [0.3, 0.4) is 0 Å². The first-order valence-electron chi connectivity index (χ1n) is 6.44. The van der Waals surface area contributed by atoms with Gasteiger partial charge in [0.05, 0.1) is 7.11 Å². The fourth-order valence-electron chi connectivity index (χ4n) is 2.37. The fourth-order valence-corrected chi connectivity index (χ4v) is 2.37. The van der Waals surface area contributed by atoms with Crippen LogP contribution in [0, 0.1) is 11.6 Å². The van der Waals surface area contributed by atoms with Crippen molar-refractivity contribution in [1.29, 1.82) is 0 Å². The number of hydrogen-bond acceptors (Lipinski definition) is 2. The number of methoxy groups -OCH3 is 1. The molecule has 0 aliphatic carbocycles. The highest BCUT2D eigenvalue weighted by molar-refractivity contribution is 5.42. The van der Waals surface area contributed by atoms with Gasteiger partial charge in [0.25, 0.3) is 0 Å². The van der Waals surface area contributed by atoms with Crippen molar-refractivity contribution in [1.82, 2.24) is 0 Å². The molecule has 0 aliphatic rings. The Labute approximate surface area is 117 Å². The van der Waals surface area contributed by atoms with E-state index in [9.17, 15) is 8.78 Å². The van der Waals surface area contributed by atoms with Crippen molar-refractivity contribution in [2.75, 3.05) is 13.7 Å². The highest BCUT2D eigenvalue weighted by atomic mass is 19.1. The largest absolute Gasteiger partial charge is 0.496 e. The van der Waals surface area contributed by atoms with Gasteiger partial charge in [-0.25, -0.2) is 8.78 Å². The predicted octanol–water partition coefficient (Wildman–Crippen LogP) is 3.45. The molecule has 4 heteroatoms. The number of benzene rings is 2.